The van der Waals surface area contributed by atoms with Crippen LogP contribution in [-0.2, 0) is 12.8 Å². The molecule has 2 rings (SSSR count). The molecule has 0 heterocycles. The molecule has 0 saturated carbocycles. The molecule has 108 valence electrons. The van der Waals surface area contributed by atoms with E-state index in [4.69, 9.17) is 0 Å². The third-order valence-electron chi connectivity index (χ3n) is 3.79. The molecule has 1 N–H and O–H groups in total. The predicted molar refractivity (Wildman–Crippen MR) is 86.1 cm³/mol. The molecular weight excluding hydrogens is 264 g/mol. The highest BCUT2D eigenvalue weighted by Crippen LogP contribution is 2.28. The predicted octanol–water partition coefficient (Wildman–Crippen LogP) is 3.94. The van der Waals surface area contributed by atoms with Crippen molar-refractivity contribution >= 4 is 11.8 Å². The van der Waals surface area contributed by atoms with Gasteiger partial charge in [0.05, 0.1) is 6.07 Å². The van der Waals surface area contributed by atoms with Crippen LogP contribution < -0.4 is 5.32 Å². The molecule has 1 aliphatic carbocycles. The van der Waals surface area contributed by atoms with Crippen LogP contribution in [0.5, 0.6) is 0 Å². The Hall–Kier alpha value is -0.980. The lowest BCUT2D eigenvalue weighted by molar-refractivity contribution is 0.397. The third-order valence-corrected chi connectivity index (χ3v) is 4.79. The fourth-order valence-corrected chi connectivity index (χ4v) is 3.94. The van der Waals surface area contributed by atoms with Crippen molar-refractivity contribution in [2.24, 2.45) is 0 Å². The molecule has 0 spiro atoms. The zero-order valence-electron chi connectivity index (χ0n) is 12.7. The molecule has 20 heavy (non-hydrogen) atoms. The summed E-state index contributed by atoms with van der Waals surface area (Å²) in [7, 11) is 0. The Labute approximate surface area is 127 Å². The maximum absolute atomic E-state index is 9.34. The molecule has 0 fully saturated rings. The first-order valence-corrected chi connectivity index (χ1v) is 8.44. The van der Waals surface area contributed by atoms with E-state index in [1.165, 1.54) is 35.3 Å². The van der Waals surface area contributed by atoms with Crippen LogP contribution in [0.4, 0.5) is 0 Å². The summed E-state index contributed by atoms with van der Waals surface area (Å²) in [6.07, 6.45) is 4.64. The van der Waals surface area contributed by atoms with Crippen LogP contribution in [0.25, 0.3) is 0 Å². The molecule has 1 aromatic carbocycles. The molecule has 3 heteroatoms. The van der Waals surface area contributed by atoms with Crippen molar-refractivity contribution in [2.75, 3.05) is 5.75 Å². The van der Waals surface area contributed by atoms with E-state index in [0.717, 1.165) is 12.2 Å². The number of fused-ring (bicyclic) bond motifs is 1. The normalized spacial score (nSPS) is 16.8. The lowest BCUT2D eigenvalue weighted by Crippen LogP contribution is -2.45. The van der Waals surface area contributed by atoms with E-state index in [1.54, 1.807) is 0 Å². The summed E-state index contributed by atoms with van der Waals surface area (Å²) in [4.78, 5) is 1.34. The van der Waals surface area contributed by atoms with Gasteiger partial charge >= 0.3 is 0 Å². The molecule has 0 aromatic heterocycles. The van der Waals surface area contributed by atoms with Crippen LogP contribution in [0.2, 0.25) is 0 Å². The molecule has 2 nitrogen and oxygen atoms in total. The van der Waals surface area contributed by atoms with Crippen molar-refractivity contribution in [3.63, 3.8) is 0 Å². The van der Waals surface area contributed by atoms with Gasteiger partial charge in [-0.25, -0.2) is 0 Å². The van der Waals surface area contributed by atoms with Crippen LogP contribution >= 0.6 is 11.8 Å². The average molecular weight is 288 g/mol. The minimum atomic E-state index is -0.419. The molecule has 0 radical (unpaired) electrons. The van der Waals surface area contributed by atoms with E-state index in [0.29, 0.717) is 6.04 Å². The van der Waals surface area contributed by atoms with Crippen LogP contribution in [0.15, 0.2) is 23.1 Å². The fraction of sp³-hybridized carbons (Fsp3) is 0.588. The van der Waals surface area contributed by atoms with E-state index in [2.05, 4.69) is 43.4 Å². The monoisotopic (exact) mass is 288 g/mol. The highest BCUT2D eigenvalue weighted by atomic mass is 32.2. The standard InChI is InChI=1S/C17H24N2S/c1-13(2)19-17(3,12-18)9-10-20-16-8-7-14-5-4-6-15(14)11-16/h7-8,11,13,19H,4-6,9-10H2,1-3H3. The Morgan fingerprint density at radius 3 is 2.80 bits per heavy atom. The van der Waals surface area contributed by atoms with Gasteiger partial charge in [0.25, 0.3) is 0 Å². The number of aryl methyl sites for hydroxylation is 2. The lowest BCUT2D eigenvalue weighted by atomic mass is 10.0. The van der Waals surface area contributed by atoms with Crippen molar-refractivity contribution in [1.29, 1.82) is 5.26 Å². The number of nitriles is 1. The summed E-state index contributed by atoms with van der Waals surface area (Å²) in [6.45, 7) is 6.17. The first-order valence-electron chi connectivity index (χ1n) is 7.46. The van der Waals surface area contributed by atoms with Crippen LogP contribution in [0.1, 0.15) is 44.7 Å². The van der Waals surface area contributed by atoms with E-state index in [-0.39, 0.29) is 0 Å². The van der Waals surface area contributed by atoms with Crippen molar-refractivity contribution in [3.05, 3.63) is 29.3 Å². The Morgan fingerprint density at radius 1 is 1.35 bits per heavy atom. The number of thioether (sulfide) groups is 1. The zero-order chi connectivity index (χ0) is 14.6. The summed E-state index contributed by atoms with van der Waals surface area (Å²) < 4.78 is 0. The molecule has 1 aliphatic rings. The number of benzene rings is 1. The Kier molecular flexibility index (Phi) is 5.12. The summed E-state index contributed by atoms with van der Waals surface area (Å²) >= 11 is 1.86. The summed E-state index contributed by atoms with van der Waals surface area (Å²) in [5, 5.41) is 12.7. The highest BCUT2D eigenvalue weighted by Gasteiger charge is 2.23. The van der Waals surface area contributed by atoms with Gasteiger partial charge < -0.3 is 0 Å². The zero-order valence-corrected chi connectivity index (χ0v) is 13.5. The molecule has 1 aromatic rings. The molecule has 0 saturated heterocycles. The number of nitrogens with zero attached hydrogens (tertiary/aromatic N) is 1. The van der Waals surface area contributed by atoms with Crippen molar-refractivity contribution in [3.8, 4) is 6.07 Å². The second-order valence-corrected chi connectivity index (χ2v) is 7.29. The van der Waals surface area contributed by atoms with Crippen LogP contribution in [0.3, 0.4) is 0 Å². The fourth-order valence-electron chi connectivity index (χ4n) is 2.81. The van der Waals surface area contributed by atoms with Crippen molar-refractivity contribution in [1.82, 2.24) is 5.32 Å². The van der Waals surface area contributed by atoms with E-state index in [9.17, 15) is 5.26 Å². The van der Waals surface area contributed by atoms with E-state index in [1.807, 2.05) is 18.7 Å². The smallest absolute Gasteiger partial charge is 0.104 e. The highest BCUT2D eigenvalue weighted by molar-refractivity contribution is 7.99. The van der Waals surface area contributed by atoms with Crippen LogP contribution in [-0.4, -0.2) is 17.3 Å². The third kappa shape index (κ3) is 4.01. The molecule has 1 atom stereocenters. The quantitative estimate of drug-likeness (QED) is 0.805. The first kappa shape index (κ1) is 15.4. The maximum atomic E-state index is 9.34. The Balaban J connectivity index is 1.88. The minimum Gasteiger partial charge on any atom is -0.297 e. The lowest BCUT2D eigenvalue weighted by Gasteiger charge is -2.25. The van der Waals surface area contributed by atoms with Gasteiger partial charge in [0.15, 0.2) is 0 Å². The van der Waals surface area contributed by atoms with Gasteiger partial charge in [0, 0.05) is 16.7 Å². The number of nitrogens with one attached hydrogen (secondary N) is 1. The van der Waals surface area contributed by atoms with Gasteiger partial charge in [-0.15, -0.1) is 11.8 Å². The van der Waals surface area contributed by atoms with Gasteiger partial charge in [0.1, 0.15) is 5.54 Å². The summed E-state index contributed by atoms with van der Waals surface area (Å²) in [5.74, 6) is 0.975. The maximum Gasteiger partial charge on any atom is 0.104 e. The second-order valence-electron chi connectivity index (χ2n) is 6.13. The van der Waals surface area contributed by atoms with Gasteiger partial charge in [0.2, 0.25) is 0 Å². The van der Waals surface area contributed by atoms with Crippen LogP contribution in [0, 0.1) is 11.3 Å². The molecule has 0 amide bonds. The number of rotatable bonds is 6. The Bertz CT molecular complexity index is 504. The summed E-state index contributed by atoms with van der Waals surface area (Å²) in [6, 6.07) is 9.60. The number of hydrogen-bond donors (Lipinski definition) is 1. The van der Waals surface area contributed by atoms with Gasteiger partial charge in [-0.05, 0) is 69.7 Å². The van der Waals surface area contributed by atoms with Crippen molar-refractivity contribution < 1.29 is 0 Å². The Morgan fingerprint density at radius 2 is 2.10 bits per heavy atom. The molecule has 0 bridgehead atoms. The largest absolute Gasteiger partial charge is 0.297 e. The van der Waals surface area contributed by atoms with E-state index >= 15 is 0 Å². The second kappa shape index (κ2) is 6.65. The topological polar surface area (TPSA) is 35.8 Å². The SMILES string of the molecule is CC(C)NC(C)(C#N)CCSc1ccc2c(c1)CCC2. The average Bonchev–Trinajstić information content (AvgIpc) is 2.85. The molecule has 1 unspecified atom stereocenters. The van der Waals surface area contributed by atoms with Gasteiger partial charge in [-0.1, -0.05) is 6.07 Å². The first-order chi connectivity index (χ1) is 9.52. The minimum absolute atomic E-state index is 0.338. The molecule has 0 aliphatic heterocycles. The van der Waals surface area contributed by atoms with Gasteiger partial charge in [-0.3, -0.25) is 5.32 Å². The summed E-state index contributed by atoms with van der Waals surface area (Å²) in [5.41, 5.74) is 2.63. The van der Waals surface area contributed by atoms with Gasteiger partial charge in [-0.2, -0.15) is 5.26 Å². The van der Waals surface area contributed by atoms with E-state index < -0.39 is 5.54 Å². The van der Waals surface area contributed by atoms with Crippen molar-refractivity contribution in [2.45, 2.75) is 62.9 Å². The molecular formula is C17H24N2S. The number of hydrogen-bond acceptors (Lipinski definition) is 3.